The second kappa shape index (κ2) is 6.37. The van der Waals surface area contributed by atoms with Gasteiger partial charge in [-0.15, -0.1) is 0 Å². The van der Waals surface area contributed by atoms with Gasteiger partial charge in [0.05, 0.1) is 12.0 Å². The molecule has 0 atom stereocenters. The quantitative estimate of drug-likeness (QED) is 0.911. The van der Waals surface area contributed by atoms with E-state index >= 15 is 0 Å². The maximum atomic E-state index is 12.8. The van der Waals surface area contributed by atoms with Gasteiger partial charge in [0.25, 0.3) is 0 Å². The van der Waals surface area contributed by atoms with Gasteiger partial charge in [-0.2, -0.15) is 0 Å². The molecule has 1 saturated carbocycles. The van der Waals surface area contributed by atoms with Crippen LogP contribution in [0.5, 0.6) is 0 Å². The largest absolute Gasteiger partial charge is 0.334 e. The smallest absolute Gasteiger partial charge is 0.227 e. The van der Waals surface area contributed by atoms with Crippen molar-refractivity contribution in [2.75, 3.05) is 19.6 Å². The second-order valence-corrected chi connectivity index (χ2v) is 6.75. The molecule has 1 saturated heterocycles. The second-order valence-electron chi connectivity index (χ2n) is 6.31. The molecule has 1 aliphatic heterocycles. The fourth-order valence-corrected chi connectivity index (χ4v) is 3.89. The lowest BCUT2D eigenvalue weighted by atomic mass is 9.78. The molecule has 2 fully saturated rings. The van der Waals surface area contributed by atoms with E-state index in [2.05, 4.69) is 10.2 Å². The van der Waals surface area contributed by atoms with Crippen molar-refractivity contribution in [3.63, 3.8) is 0 Å². The van der Waals surface area contributed by atoms with Gasteiger partial charge in [0.1, 0.15) is 0 Å². The lowest BCUT2D eigenvalue weighted by Crippen LogP contribution is -2.63. The molecule has 0 unspecified atom stereocenters. The van der Waals surface area contributed by atoms with Gasteiger partial charge in [-0.3, -0.25) is 4.79 Å². The van der Waals surface area contributed by atoms with Crippen LogP contribution < -0.4 is 5.32 Å². The number of benzene rings is 1. The highest BCUT2D eigenvalue weighted by Gasteiger charge is 2.41. The third-order valence-electron chi connectivity index (χ3n) is 4.89. The SMILES string of the molecule is O=C(Cc1ccc(Cl)cc1)N1CCNCC12CCCCC2. The zero-order valence-corrected chi connectivity index (χ0v) is 13.2. The average molecular weight is 307 g/mol. The maximum absolute atomic E-state index is 12.8. The fraction of sp³-hybridized carbons (Fsp3) is 0.588. The van der Waals surface area contributed by atoms with E-state index in [4.69, 9.17) is 11.6 Å². The van der Waals surface area contributed by atoms with Crippen molar-refractivity contribution in [2.24, 2.45) is 0 Å². The molecule has 0 bridgehead atoms. The van der Waals surface area contributed by atoms with Crippen molar-refractivity contribution in [3.8, 4) is 0 Å². The molecule has 1 aromatic rings. The normalized spacial score (nSPS) is 21.5. The molecule has 1 spiro atoms. The number of piperazine rings is 1. The molecule has 1 amide bonds. The van der Waals surface area contributed by atoms with Crippen LogP contribution in [0.1, 0.15) is 37.7 Å². The van der Waals surface area contributed by atoms with Crippen molar-refractivity contribution in [3.05, 3.63) is 34.9 Å². The van der Waals surface area contributed by atoms with Crippen molar-refractivity contribution in [1.29, 1.82) is 0 Å². The number of carbonyl (C=O) groups is 1. The molecule has 0 aromatic heterocycles. The monoisotopic (exact) mass is 306 g/mol. The Kier molecular flexibility index (Phi) is 4.51. The number of carbonyl (C=O) groups excluding carboxylic acids is 1. The first kappa shape index (κ1) is 14.9. The number of rotatable bonds is 2. The van der Waals surface area contributed by atoms with E-state index in [-0.39, 0.29) is 11.4 Å². The van der Waals surface area contributed by atoms with Crippen LogP contribution in [-0.4, -0.2) is 36.0 Å². The summed E-state index contributed by atoms with van der Waals surface area (Å²) < 4.78 is 0. The van der Waals surface area contributed by atoms with Crippen molar-refractivity contribution < 1.29 is 4.79 Å². The number of nitrogens with one attached hydrogen (secondary N) is 1. The van der Waals surface area contributed by atoms with Gasteiger partial charge in [0.15, 0.2) is 0 Å². The van der Waals surface area contributed by atoms with Crippen LogP contribution in [-0.2, 0) is 11.2 Å². The highest BCUT2D eigenvalue weighted by molar-refractivity contribution is 6.30. The van der Waals surface area contributed by atoms with Crippen LogP contribution in [0.25, 0.3) is 0 Å². The summed E-state index contributed by atoms with van der Waals surface area (Å²) in [5.74, 6) is 0.265. The summed E-state index contributed by atoms with van der Waals surface area (Å²) >= 11 is 5.91. The topological polar surface area (TPSA) is 32.3 Å². The molecule has 1 N–H and O–H groups in total. The molecule has 3 rings (SSSR count). The molecule has 3 nitrogen and oxygen atoms in total. The lowest BCUT2D eigenvalue weighted by Gasteiger charge is -2.50. The number of nitrogens with zero attached hydrogens (tertiary/aromatic N) is 1. The van der Waals surface area contributed by atoms with Crippen molar-refractivity contribution in [2.45, 2.75) is 44.1 Å². The van der Waals surface area contributed by atoms with Crippen LogP contribution >= 0.6 is 11.6 Å². The molecule has 0 radical (unpaired) electrons. The van der Waals surface area contributed by atoms with Gasteiger partial charge in [0, 0.05) is 24.7 Å². The number of halogens is 1. The summed E-state index contributed by atoms with van der Waals surface area (Å²) in [4.78, 5) is 15.0. The van der Waals surface area contributed by atoms with Crippen LogP contribution in [0.3, 0.4) is 0 Å². The molecule has 114 valence electrons. The Labute approximate surface area is 131 Å². The van der Waals surface area contributed by atoms with Gasteiger partial charge in [-0.05, 0) is 30.5 Å². The zero-order chi connectivity index (χ0) is 14.7. The lowest BCUT2D eigenvalue weighted by molar-refractivity contribution is -0.140. The van der Waals surface area contributed by atoms with Gasteiger partial charge in [-0.1, -0.05) is 43.0 Å². The Morgan fingerprint density at radius 1 is 1.19 bits per heavy atom. The van der Waals surface area contributed by atoms with E-state index in [0.717, 1.165) is 43.1 Å². The van der Waals surface area contributed by atoms with Crippen LogP contribution in [0, 0.1) is 0 Å². The van der Waals surface area contributed by atoms with E-state index in [1.807, 2.05) is 24.3 Å². The minimum absolute atomic E-state index is 0.0695. The predicted octanol–water partition coefficient (Wildman–Crippen LogP) is 3.02. The number of hydrogen-bond donors (Lipinski definition) is 1. The number of amides is 1. The van der Waals surface area contributed by atoms with E-state index in [9.17, 15) is 4.79 Å². The molecule has 1 heterocycles. The summed E-state index contributed by atoms with van der Waals surface area (Å²) in [7, 11) is 0. The van der Waals surface area contributed by atoms with Gasteiger partial charge in [-0.25, -0.2) is 0 Å². The van der Waals surface area contributed by atoms with Crippen LogP contribution in [0.4, 0.5) is 0 Å². The Balaban J connectivity index is 1.73. The molecular formula is C17H23ClN2O. The van der Waals surface area contributed by atoms with Gasteiger partial charge >= 0.3 is 0 Å². The third kappa shape index (κ3) is 3.24. The fourth-order valence-electron chi connectivity index (χ4n) is 3.76. The van der Waals surface area contributed by atoms with Gasteiger partial charge < -0.3 is 10.2 Å². The maximum Gasteiger partial charge on any atom is 0.227 e. The minimum Gasteiger partial charge on any atom is -0.334 e. The van der Waals surface area contributed by atoms with E-state index in [0.29, 0.717) is 6.42 Å². The first-order chi connectivity index (χ1) is 10.2. The average Bonchev–Trinajstić information content (AvgIpc) is 2.51. The van der Waals surface area contributed by atoms with E-state index in [1.165, 1.54) is 19.3 Å². The number of hydrogen-bond acceptors (Lipinski definition) is 2. The highest BCUT2D eigenvalue weighted by atomic mass is 35.5. The summed E-state index contributed by atoms with van der Waals surface area (Å²) in [6, 6.07) is 7.63. The van der Waals surface area contributed by atoms with Gasteiger partial charge in [0.2, 0.25) is 5.91 Å². The molecule has 2 aliphatic rings. The zero-order valence-electron chi connectivity index (χ0n) is 12.4. The van der Waals surface area contributed by atoms with E-state index in [1.54, 1.807) is 0 Å². The van der Waals surface area contributed by atoms with Crippen LogP contribution in [0.2, 0.25) is 5.02 Å². The third-order valence-corrected chi connectivity index (χ3v) is 5.14. The molecule has 1 aromatic carbocycles. The Morgan fingerprint density at radius 2 is 1.90 bits per heavy atom. The summed E-state index contributed by atoms with van der Waals surface area (Å²) in [6.45, 7) is 2.71. The van der Waals surface area contributed by atoms with Crippen molar-refractivity contribution in [1.82, 2.24) is 10.2 Å². The summed E-state index contributed by atoms with van der Waals surface area (Å²) in [5.41, 5.74) is 1.12. The highest BCUT2D eigenvalue weighted by Crippen LogP contribution is 2.35. The Morgan fingerprint density at radius 3 is 2.62 bits per heavy atom. The Hall–Kier alpha value is -1.06. The first-order valence-corrected chi connectivity index (χ1v) is 8.33. The molecule has 1 aliphatic carbocycles. The van der Waals surface area contributed by atoms with E-state index < -0.39 is 0 Å². The Bertz CT molecular complexity index is 486. The molecule has 21 heavy (non-hydrogen) atoms. The molecule has 4 heteroatoms. The predicted molar refractivity (Wildman–Crippen MR) is 85.6 cm³/mol. The van der Waals surface area contributed by atoms with Crippen LogP contribution in [0.15, 0.2) is 24.3 Å². The standard InChI is InChI=1S/C17H23ClN2O/c18-15-6-4-14(5-7-15)12-16(21)20-11-10-19-13-17(20)8-2-1-3-9-17/h4-7,19H,1-3,8-13H2. The summed E-state index contributed by atoms with van der Waals surface area (Å²) in [5, 5.41) is 4.21. The summed E-state index contributed by atoms with van der Waals surface area (Å²) in [6.07, 6.45) is 6.57. The molecular weight excluding hydrogens is 284 g/mol. The minimum atomic E-state index is 0.0695. The first-order valence-electron chi connectivity index (χ1n) is 7.95. The van der Waals surface area contributed by atoms with Crippen molar-refractivity contribution >= 4 is 17.5 Å².